The van der Waals surface area contributed by atoms with E-state index in [1.807, 2.05) is 0 Å². The lowest BCUT2D eigenvalue weighted by Crippen LogP contribution is -2.54. The van der Waals surface area contributed by atoms with Crippen molar-refractivity contribution in [2.75, 3.05) is 20.2 Å². The van der Waals surface area contributed by atoms with Crippen molar-refractivity contribution in [3.05, 3.63) is 0 Å². The van der Waals surface area contributed by atoms with Crippen LogP contribution in [0.4, 0.5) is 0 Å². The molecule has 0 spiro atoms. The molecule has 0 aromatic rings. The minimum absolute atomic E-state index is 0.0128. The van der Waals surface area contributed by atoms with Gasteiger partial charge >= 0.3 is 0 Å². The van der Waals surface area contributed by atoms with E-state index in [0.29, 0.717) is 13.0 Å². The van der Waals surface area contributed by atoms with Gasteiger partial charge in [-0.1, -0.05) is 0 Å². The molecule has 0 aromatic carbocycles. The van der Waals surface area contributed by atoms with Crippen molar-refractivity contribution in [3.8, 4) is 0 Å². The van der Waals surface area contributed by atoms with Crippen LogP contribution >= 0.6 is 0 Å². The van der Waals surface area contributed by atoms with Gasteiger partial charge in [0, 0.05) is 7.79 Å². The molecular formula is C9H18N2O3. The Hall–Kier alpha value is -0.650. The summed E-state index contributed by atoms with van der Waals surface area (Å²) in [6.07, 6.45) is 0.500. The number of nitrogens with two attached hydrogens (primary N) is 1. The maximum absolute atomic E-state index is 11.4. The van der Waals surface area contributed by atoms with Crippen molar-refractivity contribution in [2.45, 2.75) is 30.9 Å². The highest BCUT2D eigenvalue weighted by Crippen LogP contribution is 2.31. The van der Waals surface area contributed by atoms with Gasteiger partial charge in [0.15, 0.2) is 0 Å². The Kier molecular flexibility index (Phi) is 3.00. The minimum Gasteiger partial charge on any atom is -0.394 e. The van der Waals surface area contributed by atoms with Crippen LogP contribution in [0.15, 0.2) is 0 Å². The summed E-state index contributed by atoms with van der Waals surface area (Å²) >= 11 is 0. The number of likely N-dealkylation sites (tertiary alicyclic amines) is 1. The molecule has 1 rings (SSSR count). The van der Waals surface area contributed by atoms with E-state index in [9.17, 15) is 9.90 Å². The Balaban J connectivity index is 2.82. The number of carbonyl (C=O) groups is 1. The zero-order chi connectivity index (χ0) is 11.5. The molecule has 0 bridgehead atoms. The number of amides is 1. The van der Waals surface area contributed by atoms with E-state index in [1.54, 1.807) is 4.90 Å². The third-order valence-corrected chi connectivity index (χ3v) is 2.87. The first-order valence-corrected chi connectivity index (χ1v) is 4.70. The van der Waals surface area contributed by atoms with E-state index >= 15 is 0 Å². The van der Waals surface area contributed by atoms with Crippen LogP contribution in [0.2, 0.25) is 0 Å². The highest BCUT2D eigenvalue weighted by Gasteiger charge is 2.45. The molecule has 1 heterocycles. The first kappa shape index (κ1) is 9.89. The number of rotatable bonds is 4. The highest BCUT2D eigenvalue weighted by atomic mass is 16.3. The number of carbonyl (C=O) groups excluding carboxylic acids is 1. The Morgan fingerprint density at radius 2 is 2.57 bits per heavy atom. The van der Waals surface area contributed by atoms with Crippen LogP contribution in [-0.2, 0) is 4.79 Å². The molecule has 1 fully saturated rings. The van der Waals surface area contributed by atoms with Crippen molar-refractivity contribution in [2.24, 2.45) is 5.73 Å². The van der Waals surface area contributed by atoms with Crippen LogP contribution in [0, 0.1) is 0 Å². The zero-order valence-electron chi connectivity index (χ0n) is 9.15. The van der Waals surface area contributed by atoms with Crippen LogP contribution in [0.5, 0.6) is 0 Å². The van der Waals surface area contributed by atoms with E-state index in [0.717, 1.165) is 6.42 Å². The van der Waals surface area contributed by atoms with Crippen molar-refractivity contribution >= 4 is 5.91 Å². The van der Waals surface area contributed by atoms with Gasteiger partial charge in [0.1, 0.15) is 5.54 Å². The quantitative estimate of drug-likeness (QED) is 0.529. The summed E-state index contributed by atoms with van der Waals surface area (Å²) in [6, 6.07) is 0. The number of nitrogens with zero attached hydrogens (tertiary/aromatic N) is 1. The van der Waals surface area contributed by atoms with E-state index in [2.05, 4.69) is 0 Å². The van der Waals surface area contributed by atoms with Crippen molar-refractivity contribution in [3.63, 3.8) is 0 Å². The maximum Gasteiger partial charge on any atom is 0.238 e. The van der Waals surface area contributed by atoms with E-state index in [4.69, 9.17) is 12.2 Å². The van der Waals surface area contributed by atoms with Crippen LogP contribution in [-0.4, -0.2) is 52.8 Å². The molecular weight excluding hydrogens is 184 g/mol. The fourth-order valence-corrected chi connectivity index (χ4v) is 2.00. The maximum atomic E-state index is 11.4. The summed E-state index contributed by atoms with van der Waals surface area (Å²) in [6.45, 7) is 0.255. The minimum atomic E-state index is -0.954. The molecule has 0 aliphatic carbocycles. The molecule has 1 amide bonds. The molecule has 0 radical (unpaired) electrons. The average molecular weight is 203 g/mol. The van der Waals surface area contributed by atoms with Gasteiger partial charge in [0.25, 0.3) is 0 Å². The lowest BCUT2D eigenvalue weighted by Gasteiger charge is -2.34. The predicted octanol–water partition coefficient (Wildman–Crippen LogP) is -1.32. The first-order chi connectivity index (χ1) is 7.06. The number of hydrogen-bond acceptors (Lipinski definition) is 4. The number of aliphatic hydroxyl groups is 2. The third-order valence-electron chi connectivity index (χ3n) is 2.87. The monoisotopic (exact) mass is 203 g/mol. The van der Waals surface area contributed by atoms with Crippen LogP contribution in [0.25, 0.3) is 0 Å². The van der Waals surface area contributed by atoms with Gasteiger partial charge in [-0.25, -0.2) is 0 Å². The highest BCUT2D eigenvalue weighted by molar-refractivity contribution is 5.85. The lowest BCUT2D eigenvalue weighted by atomic mass is 9.89. The predicted molar refractivity (Wildman–Crippen MR) is 51.5 cm³/mol. The summed E-state index contributed by atoms with van der Waals surface area (Å²) in [7, 11) is -0.0128. The summed E-state index contributed by atoms with van der Waals surface area (Å²) in [5, 5.41) is 18.2. The molecule has 82 valence electrons. The molecule has 0 aromatic heterocycles. The van der Waals surface area contributed by atoms with Gasteiger partial charge in [0.2, 0.25) is 5.91 Å². The van der Waals surface area contributed by atoms with E-state index in [-0.39, 0.29) is 20.1 Å². The molecule has 1 aliphatic heterocycles. The molecule has 0 unspecified atom stereocenters. The third kappa shape index (κ3) is 1.89. The molecule has 4 N–H and O–H groups in total. The Labute approximate surface area is 84.9 Å². The SMILES string of the molecule is [2H]CN1CCC[C@@]1(C[C@@H](O)CO)C(N)=O. The normalized spacial score (nSPS) is 31.4. The first-order valence-electron chi connectivity index (χ1n) is 5.40. The molecule has 1 saturated heterocycles. The molecule has 0 saturated carbocycles. The fourth-order valence-electron chi connectivity index (χ4n) is 2.00. The largest absolute Gasteiger partial charge is 0.394 e. The van der Waals surface area contributed by atoms with Crippen LogP contribution in [0.1, 0.15) is 20.6 Å². The van der Waals surface area contributed by atoms with Gasteiger partial charge < -0.3 is 15.9 Å². The summed E-state index contributed by atoms with van der Waals surface area (Å²) in [4.78, 5) is 13.1. The molecule has 2 atom stereocenters. The van der Waals surface area contributed by atoms with Gasteiger partial charge in [-0.2, -0.15) is 0 Å². The van der Waals surface area contributed by atoms with Gasteiger partial charge in [-0.3, -0.25) is 9.69 Å². The van der Waals surface area contributed by atoms with Crippen molar-refractivity contribution in [1.29, 1.82) is 0 Å². The van der Waals surface area contributed by atoms with Crippen molar-refractivity contribution in [1.82, 2.24) is 4.90 Å². The topological polar surface area (TPSA) is 86.8 Å². The number of primary amides is 1. The summed E-state index contributed by atoms with van der Waals surface area (Å²) < 4.78 is 7.32. The number of hydrogen-bond donors (Lipinski definition) is 3. The zero-order valence-corrected chi connectivity index (χ0v) is 8.15. The van der Waals surface area contributed by atoms with E-state index < -0.39 is 17.6 Å². The lowest BCUT2D eigenvalue weighted by molar-refractivity contribution is -0.130. The second-order valence-electron chi connectivity index (χ2n) is 3.80. The fraction of sp³-hybridized carbons (Fsp3) is 0.889. The Morgan fingerprint density at radius 1 is 1.86 bits per heavy atom. The molecule has 14 heavy (non-hydrogen) atoms. The molecule has 5 nitrogen and oxygen atoms in total. The molecule has 5 heteroatoms. The van der Waals surface area contributed by atoms with Crippen molar-refractivity contribution < 1.29 is 16.4 Å². The number of aliphatic hydroxyl groups excluding tert-OH is 2. The average Bonchev–Trinajstić information content (AvgIpc) is 2.61. The van der Waals surface area contributed by atoms with E-state index in [1.165, 1.54) is 0 Å². The van der Waals surface area contributed by atoms with Gasteiger partial charge in [-0.15, -0.1) is 0 Å². The summed E-state index contributed by atoms with van der Waals surface area (Å²) in [5.74, 6) is -0.514. The summed E-state index contributed by atoms with van der Waals surface area (Å²) in [5.41, 5.74) is 4.40. The Bertz CT molecular complexity index is 239. The molecule has 1 aliphatic rings. The standard InChI is InChI=1S/C9H18N2O3/c1-11-4-2-3-9(11,8(10)14)5-7(13)6-12/h7,12-13H,2-6H2,1H3,(H2,10,14)/t7-,9-/m1/s1/i1D. The number of likely N-dealkylation sites (N-methyl/N-ethyl adjacent to an activating group) is 1. The van der Waals surface area contributed by atoms with Gasteiger partial charge in [-0.05, 0) is 26.4 Å². The second-order valence-corrected chi connectivity index (χ2v) is 3.80. The smallest absolute Gasteiger partial charge is 0.238 e. The Morgan fingerprint density at radius 3 is 3.07 bits per heavy atom. The van der Waals surface area contributed by atoms with Crippen LogP contribution in [0.3, 0.4) is 0 Å². The van der Waals surface area contributed by atoms with Gasteiger partial charge in [0.05, 0.1) is 12.7 Å². The van der Waals surface area contributed by atoms with Crippen LogP contribution < -0.4 is 5.73 Å². The second kappa shape index (κ2) is 4.25.